The SMILES string of the molecule is CC(C)OCc1cccc(CNC(=O)Nc2ccc(N3CCOCC3)c(F)c2)c1. The topological polar surface area (TPSA) is 62.8 Å². The predicted octanol–water partition coefficient (Wildman–Crippen LogP) is 3.91. The van der Waals surface area contributed by atoms with Gasteiger partial charge in [0, 0.05) is 25.3 Å². The molecule has 0 aromatic heterocycles. The van der Waals surface area contributed by atoms with Gasteiger partial charge in [0.2, 0.25) is 0 Å². The first-order valence-electron chi connectivity index (χ1n) is 9.88. The third-order valence-electron chi connectivity index (χ3n) is 4.59. The molecule has 0 aliphatic carbocycles. The van der Waals surface area contributed by atoms with E-state index in [9.17, 15) is 9.18 Å². The van der Waals surface area contributed by atoms with Crippen LogP contribution in [0.3, 0.4) is 0 Å². The standard InChI is InChI=1S/C22H28FN3O3/c1-16(2)29-15-18-5-3-4-17(12-18)14-24-22(27)25-19-6-7-21(20(23)13-19)26-8-10-28-11-9-26/h3-7,12-13,16H,8-11,14-15H2,1-2H3,(H2,24,25,27). The number of rotatable bonds is 7. The molecule has 0 bridgehead atoms. The van der Waals surface area contributed by atoms with E-state index in [-0.39, 0.29) is 18.0 Å². The molecule has 2 aromatic rings. The summed E-state index contributed by atoms with van der Waals surface area (Å²) in [7, 11) is 0. The predicted molar refractivity (Wildman–Crippen MR) is 112 cm³/mol. The quantitative estimate of drug-likeness (QED) is 0.739. The Labute approximate surface area is 171 Å². The molecule has 1 saturated heterocycles. The second kappa shape index (κ2) is 10.2. The van der Waals surface area contributed by atoms with Crippen molar-refractivity contribution in [3.63, 3.8) is 0 Å². The Morgan fingerprint density at radius 3 is 2.66 bits per heavy atom. The van der Waals surface area contributed by atoms with Gasteiger partial charge in [0.05, 0.1) is 31.6 Å². The molecule has 7 heteroatoms. The first-order valence-corrected chi connectivity index (χ1v) is 9.88. The summed E-state index contributed by atoms with van der Waals surface area (Å²) in [6.07, 6.45) is 0.164. The van der Waals surface area contributed by atoms with Gasteiger partial charge in [0.25, 0.3) is 0 Å². The molecule has 1 aliphatic rings. The van der Waals surface area contributed by atoms with Crippen molar-refractivity contribution < 1.29 is 18.7 Å². The summed E-state index contributed by atoms with van der Waals surface area (Å²) in [5.74, 6) is -0.359. The van der Waals surface area contributed by atoms with E-state index in [0.29, 0.717) is 50.8 Å². The molecule has 29 heavy (non-hydrogen) atoms. The van der Waals surface area contributed by atoms with Gasteiger partial charge in [-0.3, -0.25) is 0 Å². The lowest BCUT2D eigenvalue weighted by Gasteiger charge is -2.29. The molecule has 2 aromatic carbocycles. The van der Waals surface area contributed by atoms with E-state index in [4.69, 9.17) is 9.47 Å². The minimum Gasteiger partial charge on any atom is -0.378 e. The first kappa shape index (κ1) is 21.1. The van der Waals surface area contributed by atoms with Crippen LogP contribution in [0, 0.1) is 5.82 Å². The van der Waals surface area contributed by atoms with Crippen molar-refractivity contribution in [2.45, 2.75) is 33.1 Å². The van der Waals surface area contributed by atoms with Gasteiger partial charge < -0.3 is 25.0 Å². The Morgan fingerprint density at radius 2 is 1.93 bits per heavy atom. The molecule has 0 radical (unpaired) electrons. The third kappa shape index (κ3) is 6.44. The minimum atomic E-state index is -0.382. The lowest BCUT2D eigenvalue weighted by molar-refractivity contribution is 0.0657. The molecule has 1 fully saturated rings. The number of halogens is 1. The monoisotopic (exact) mass is 401 g/mol. The van der Waals surface area contributed by atoms with Crippen LogP contribution < -0.4 is 15.5 Å². The summed E-state index contributed by atoms with van der Waals surface area (Å²) in [5, 5.41) is 5.48. The van der Waals surface area contributed by atoms with Crippen molar-refractivity contribution in [1.29, 1.82) is 0 Å². The van der Waals surface area contributed by atoms with Gasteiger partial charge in [-0.15, -0.1) is 0 Å². The van der Waals surface area contributed by atoms with Crippen molar-refractivity contribution in [2.75, 3.05) is 36.5 Å². The van der Waals surface area contributed by atoms with E-state index in [1.54, 1.807) is 12.1 Å². The maximum absolute atomic E-state index is 14.4. The van der Waals surface area contributed by atoms with Crippen molar-refractivity contribution in [3.8, 4) is 0 Å². The van der Waals surface area contributed by atoms with Crippen LogP contribution >= 0.6 is 0 Å². The third-order valence-corrected chi connectivity index (χ3v) is 4.59. The molecule has 2 amide bonds. The smallest absolute Gasteiger partial charge is 0.319 e. The Kier molecular flexibility index (Phi) is 7.43. The van der Waals surface area contributed by atoms with E-state index >= 15 is 0 Å². The lowest BCUT2D eigenvalue weighted by atomic mass is 10.1. The maximum atomic E-state index is 14.4. The van der Waals surface area contributed by atoms with E-state index < -0.39 is 0 Å². The van der Waals surface area contributed by atoms with E-state index in [2.05, 4.69) is 10.6 Å². The van der Waals surface area contributed by atoms with Crippen molar-refractivity contribution >= 4 is 17.4 Å². The highest BCUT2D eigenvalue weighted by molar-refractivity contribution is 5.89. The van der Waals surface area contributed by atoms with Crippen molar-refractivity contribution in [1.82, 2.24) is 5.32 Å². The minimum absolute atomic E-state index is 0.164. The maximum Gasteiger partial charge on any atom is 0.319 e. The fraction of sp³-hybridized carbons (Fsp3) is 0.409. The first-order chi connectivity index (χ1) is 14.0. The molecule has 3 rings (SSSR count). The number of nitrogens with one attached hydrogen (secondary N) is 2. The zero-order valence-corrected chi connectivity index (χ0v) is 16.9. The zero-order valence-electron chi connectivity index (χ0n) is 16.9. The number of anilines is 2. The van der Waals surface area contributed by atoms with Gasteiger partial charge >= 0.3 is 6.03 Å². The summed E-state index contributed by atoms with van der Waals surface area (Å²) < 4.78 is 25.3. The largest absolute Gasteiger partial charge is 0.378 e. The van der Waals surface area contributed by atoms with E-state index in [0.717, 1.165) is 11.1 Å². The Bertz CT molecular complexity index is 823. The molecule has 6 nitrogen and oxygen atoms in total. The number of carbonyl (C=O) groups is 1. The molecule has 0 saturated carbocycles. The number of ether oxygens (including phenoxy) is 2. The lowest BCUT2D eigenvalue weighted by Crippen LogP contribution is -2.36. The zero-order chi connectivity index (χ0) is 20.6. The fourth-order valence-corrected chi connectivity index (χ4v) is 3.10. The van der Waals surface area contributed by atoms with Crippen LogP contribution in [-0.4, -0.2) is 38.4 Å². The van der Waals surface area contributed by atoms with Crippen LogP contribution in [0.2, 0.25) is 0 Å². The van der Waals surface area contributed by atoms with Crippen LogP contribution in [0.1, 0.15) is 25.0 Å². The molecular formula is C22H28FN3O3. The average Bonchev–Trinajstić information content (AvgIpc) is 2.72. The number of morpholine rings is 1. The molecule has 1 aliphatic heterocycles. The van der Waals surface area contributed by atoms with Crippen LogP contribution in [0.5, 0.6) is 0 Å². The molecule has 156 valence electrons. The second-order valence-electron chi connectivity index (χ2n) is 7.25. The van der Waals surface area contributed by atoms with Crippen LogP contribution in [0.15, 0.2) is 42.5 Å². The fourth-order valence-electron chi connectivity index (χ4n) is 3.10. The van der Waals surface area contributed by atoms with Gasteiger partial charge in [0.1, 0.15) is 5.82 Å². The van der Waals surface area contributed by atoms with Gasteiger partial charge in [-0.1, -0.05) is 24.3 Å². The average molecular weight is 401 g/mol. The normalized spacial score (nSPS) is 14.1. The Morgan fingerprint density at radius 1 is 1.17 bits per heavy atom. The highest BCUT2D eigenvalue weighted by Crippen LogP contribution is 2.23. The number of hydrogen-bond acceptors (Lipinski definition) is 4. The highest BCUT2D eigenvalue weighted by Gasteiger charge is 2.15. The summed E-state index contributed by atoms with van der Waals surface area (Å²) in [5.41, 5.74) is 2.97. The number of nitrogens with zero attached hydrogens (tertiary/aromatic N) is 1. The Hall–Kier alpha value is -2.64. The van der Waals surface area contributed by atoms with Gasteiger partial charge in [-0.2, -0.15) is 0 Å². The molecule has 1 heterocycles. The number of amides is 2. The van der Waals surface area contributed by atoms with Gasteiger partial charge in [0.15, 0.2) is 0 Å². The Balaban J connectivity index is 1.52. The summed E-state index contributed by atoms with van der Waals surface area (Å²) in [4.78, 5) is 14.1. The van der Waals surface area contributed by atoms with Gasteiger partial charge in [-0.25, -0.2) is 9.18 Å². The second-order valence-corrected chi connectivity index (χ2v) is 7.25. The van der Waals surface area contributed by atoms with Gasteiger partial charge in [-0.05, 0) is 43.2 Å². The highest BCUT2D eigenvalue weighted by atomic mass is 19.1. The molecule has 0 unspecified atom stereocenters. The van der Waals surface area contributed by atoms with Crippen LogP contribution in [-0.2, 0) is 22.6 Å². The van der Waals surface area contributed by atoms with E-state index in [1.807, 2.05) is 43.0 Å². The molecule has 0 spiro atoms. The molecular weight excluding hydrogens is 373 g/mol. The van der Waals surface area contributed by atoms with E-state index in [1.165, 1.54) is 6.07 Å². The van der Waals surface area contributed by atoms with Crippen molar-refractivity contribution in [3.05, 3.63) is 59.4 Å². The number of urea groups is 1. The number of benzene rings is 2. The van der Waals surface area contributed by atoms with Crippen LogP contribution in [0.25, 0.3) is 0 Å². The van der Waals surface area contributed by atoms with Crippen LogP contribution in [0.4, 0.5) is 20.6 Å². The molecule has 2 N–H and O–H groups in total. The summed E-state index contributed by atoms with van der Waals surface area (Å²) >= 11 is 0. The molecule has 0 atom stereocenters. The summed E-state index contributed by atoms with van der Waals surface area (Å²) in [6.45, 7) is 7.39. The number of carbonyl (C=O) groups excluding carboxylic acids is 1. The van der Waals surface area contributed by atoms with Crippen molar-refractivity contribution in [2.24, 2.45) is 0 Å². The summed E-state index contributed by atoms with van der Waals surface area (Å²) in [6, 6.07) is 12.2. The number of hydrogen-bond donors (Lipinski definition) is 2.